The summed E-state index contributed by atoms with van der Waals surface area (Å²) in [5, 5.41) is 4.21. The molecule has 0 bridgehead atoms. The number of piperazine rings is 2. The van der Waals surface area contributed by atoms with Crippen LogP contribution in [0.4, 0.5) is 29.5 Å². The molecule has 4 rings (SSSR count). The molecule has 2 aliphatic heterocycles. The van der Waals surface area contributed by atoms with Gasteiger partial charge in [0.25, 0.3) is 0 Å². The van der Waals surface area contributed by atoms with Gasteiger partial charge >= 0.3 is 12.2 Å². The van der Waals surface area contributed by atoms with Crippen molar-refractivity contribution in [1.29, 1.82) is 0 Å². The third-order valence-electron chi connectivity index (χ3n) is 6.44. The molecule has 2 amide bonds. The van der Waals surface area contributed by atoms with Gasteiger partial charge < -0.3 is 19.4 Å². The zero-order chi connectivity index (χ0) is 25.9. The Kier molecular flexibility index (Phi) is 7.98. The summed E-state index contributed by atoms with van der Waals surface area (Å²) in [5.41, 5.74) is 0.421. The van der Waals surface area contributed by atoms with Crippen LogP contribution in [0.2, 0.25) is 0 Å². The fourth-order valence-electron chi connectivity index (χ4n) is 4.48. The Morgan fingerprint density at radius 1 is 1.00 bits per heavy atom. The third kappa shape index (κ3) is 6.25. The number of amides is 2. The molecule has 2 aliphatic rings. The smallest absolute Gasteiger partial charge is 0.368 e. The molecule has 2 saturated heterocycles. The van der Waals surface area contributed by atoms with Gasteiger partial charge in [-0.15, -0.1) is 5.10 Å². The minimum atomic E-state index is -4.45. The molecule has 13 heteroatoms. The van der Waals surface area contributed by atoms with Crippen molar-refractivity contribution in [2.24, 2.45) is 0 Å². The quantitative estimate of drug-likeness (QED) is 0.602. The van der Waals surface area contributed by atoms with E-state index in [4.69, 9.17) is 0 Å². The van der Waals surface area contributed by atoms with Crippen LogP contribution in [-0.4, -0.2) is 95.0 Å². The molecule has 0 radical (unpaired) electrons. The lowest BCUT2D eigenvalue weighted by molar-refractivity contribution is -0.137. The molecule has 1 N–H and O–H groups in total. The summed E-state index contributed by atoms with van der Waals surface area (Å²) in [6.07, 6.45) is -0.986. The number of hydrogen-bond acceptors (Lipinski definition) is 7. The first-order chi connectivity index (χ1) is 17.1. The minimum Gasteiger partial charge on any atom is -0.368 e. The summed E-state index contributed by atoms with van der Waals surface area (Å²) < 4.78 is 45.3. The standard InChI is InChI=1S/C23H30F3N7O2S/c1-17(34)30-9-11-31(12-10-30)20-14-18(13-19(15-20)23(24,25)26)16-29-5-7-32(8-6-29)22(35)33-4-3-21(27-33)28-36-2/h3-4,13-15H,5-12,16H2,1-2H3,(H,27,28). The lowest BCUT2D eigenvalue weighted by Gasteiger charge is -2.37. The maximum atomic E-state index is 13.7. The van der Waals surface area contributed by atoms with Crippen LogP contribution in [0, 0.1) is 0 Å². The maximum Gasteiger partial charge on any atom is 0.416 e. The van der Waals surface area contributed by atoms with Crippen molar-refractivity contribution >= 4 is 35.4 Å². The summed E-state index contributed by atoms with van der Waals surface area (Å²) in [4.78, 5) is 31.7. The van der Waals surface area contributed by atoms with Crippen LogP contribution < -0.4 is 9.62 Å². The SMILES string of the molecule is CSNc1ccn(C(=O)N2CCN(Cc3cc(N4CCN(C(C)=O)CC4)cc(C(F)(F)F)c3)CC2)n1. The maximum absolute atomic E-state index is 13.7. The van der Waals surface area contributed by atoms with E-state index in [2.05, 4.69) is 14.7 Å². The zero-order valence-electron chi connectivity index (χ0n) is 20.3. The summed E-state index contributed by atoms with van der Waals surface area (Å²) in [6, 6.07) is 5.69. The summed E-state index contributed by atoms with van der Waals surface area (Å²) in [7, 11) is 0. The second-order valence-corrected chi connectivity index (χ2v) is 9.49. The van der Waals surface area contributed by atoms with Crippen molar-refractivity contribution in [2.45, 2.75) is 19.6 Å². The second kappa shape index (κ2) is 11.0. The van der Waals surface area contributed by atoms with E-state index in [1.54, 1.807) is 28.1 Å². The van der Waals surface area contributed by atoms with Crippen molar-refractivity contribution in [2.75, 3.05) is 68.2 Å². The Hall–Kier alpha value is -2.93. The Bertz CT molecular complexity index is 1080. The van der Waals surface area contributed by atoms with Crippen molar-refractivity contribution in [3.63, 3.8) is 0 Å². The lowest BCUT2D eigenvalue weighted by atomic mass is 10.1. The van der Waals surface area contributed by atoms with E-state index >= 15 is 0 Å². The van der Waals surface area contributed by atoms with Gasteiger partial charge in [0.1, 0.15) is 0 Å². The topological polar surface area (TPSA) is 77.0 Å². The first-order valence-electron chi connectivity index (χ1n) is 11.7. The highest BCUT2D eigenvalue weighted by Gasteiger charge is 2.32. The monoisotopic (exact) mass is 525 g/mol. The number of anilines is 2. The van der Waals surface area contributed by atoms with Crippen LogP contribution in [0.5, 0.6) is 0 Å². The average molecular weight is 526 g/mol. The molecule has 2 aromatic rings. The van der Waals surface area contributed by atoms with E-state index in [0.29, 0.717) is 76.0 Å². The number of nitrogens with one attached hydrogen (secondary N) is 1. The molecule has 1 aromatic heterocycles. The molecule has 0 unspecified atom stereocenters. The van der Waals surface area contributed by atoms with E-state index in [1.165, 1.54) is 35.7 Å². The molecule has 0 saturated carbocycles. The molecule has 36 heavy (non-hydrogen) atoms. The molecule has 1 aromatic carbocycles. The Morgan fingerprint density at radius 2 is 1.67 bits per heavy atom. The van der Waals surface area contributed by atoms with E-state index in [0.717, 1.165) is 0 Å². The van der Waals surface area contributed by atoms with Crippen molar-refractivity contribution in [1.82, 2.24) is 24.5 Å². The van der Waals surface area contributed by atoms with Crippen molar-refractivity contribution in [3.8, 4) is 0 Å². The zero-order valence-corrected chi connectivity index (χ0v) is 21.1. The highest BCUT2D eigenvalue weighted by molar-refractivity contribution is 7.99. The number of benzene rings is 1. The van der Waals surface area contributed by atoms with Gasteiger partial charge in [0.2, 0.25) is 5.91 Å². The second-order valence-electron chi connectivity index (χ2n) is 8.88. The Morgan fingerprint density at radius 3 is 2.28 bits per heavy atom. The number of carbonyl (C=O) groups excluding carboxylic acids is 2. The molecule has 0 spiro atoms. The number of hydrogen-bond donors (Lipinski definition) is 1. The van der Waals surface area contributed by atoms with Gasteiger partial charge in [-0.3, -0.25) is 9.69 Å². The van der Waals surface area contributed by atoms with Crippen LogP contribution >= 0.6 is 11.9 Å². The van der Waals surface area contributed by atoms with Gasteiger partial charge in [-0.25, -0.2) is 4.79 Å². The normalized spacial score (nSPS) is 17.4. The first kappa shape index (κ1) is 26.1. The van der Waals surface area contributed by atoms with Crippen LogP contribution in [0.1, 0.15) is 18.1 Å². The molecule has 9 nitrogen and oxygen atoms in total. The first-order valence-corrected chi connectivity index (χ1v) is 12.9. The van der Waals surface area contributed by atoms with Crippen LogP contribution in [0.25, 0.3) is 0 Å². The minimum absolute atomic E-state index is 0.0263. The molecule has 0 atom stereocenters. The van der Waals surface area contributed by atoms with Crippen molar-refractivity contribution in [3.05, 3.63) is 41.6 Å². The van der Waals surface area contributed by atoms with Crippen LogP contribution in [0.15, 0.2) is 30.5 Å². The molecule has 3 heterocycles. The number of halogens is 3. The van der Waals surface area contributed by atoms with E-state index in [1.807, 2.05) is 11.2 Å². The van der Waals surface area contributed by atoms with Gasteiger partial charge in [-0.2, -0.15) is 17.9 Å². The Balaban J connectivity index is 1.40. The fraction of sp³-hybridized carbons (Fsp3) is 0.522. The average Bonchev–Trinajstić information content (AvgIpc) is 3.32. The van der Waals surface area contributed by atoms with Gasteiger partial charge in [-0.1, -0.05) is 11.9 Å². The highest BCUT2D eigenvalue weighted by Crippen LogP contribution is 2.34. The largest absolute Gasteiger partial charge is 0.416 e. The van der Waals surface area contributed by atoms with E-state index in [9.17, 15) is 22.8 Å². The predicted molar refractivity (Wildman–Crippen MR) is 133 cm³/mol. The van der Waals surface area contributed by atoms with Gasteiger partial charge in [0, 0.05) is 90.0 Å². The van der Waals surface area contributed by atoms with Crippen LogP contribution in [0.3, 0.4) is 0 Å². The van der Waals surface area contributed by atoms with Gasteiger partial charge in [0.05, 0.1) is 5.56 Å². The highest BCUT2D eigenvalue weighted by atomic mass is 32.2. The molecular formula is C23H30F3N7O2S. The van der Waals surface area contributed by atoms with E-state index in [-0.39, 0.29) is 11.9 Å². The number of nitrogens with zero attached hydrogens (tertiary/aromatic N) is 6. The molecule has 196 valence electrons. The molecule has 0 aliphatic carbocycles. The predicted octanol–water partition coefficient (Wildman–Crippen LogP) is 3.05. The fourth-order valence-corrected chi connectivity index (χ4v) is 4.80. The molecular weight excluding hydrogens is 495 g/mol. The number of rotatable bonds is 5. The van der Waals surface area contributed by atoms with E-state index < -0.39 is 11.7 Å². The summed E-state index contributed by atoms with van der Waals surface area (Å²) >= 11 is 1.38. The van der Waals surface area contributed by atoms with Crippen molar-refractivity contribution < 1.29 is 22.8 Å². The lowest BCUT2D eigenvalue weighted by Crippen LogP contribution is -2.49. The number of aromatic nitrogens is 2. The third-order valence-corrected chi connectivity index (χ3v) is 6.85. The number of alkyl halides is 3. The summed E-state index contributed by atoms with van der Waals surface area (Å²) in [6.45, 7) is 5.83. The summed E-state index contributed by atoms with van der Waals surface area (Å²) in [5.74, 6) is 0.569. The van der Waals surface area contributed by atoms with Gasteiger partial charge in [0.15, 0.2) is 5.82 Å². The molecule has 2 fully saturated rings. The van der Waals surface area contributed by atoms with Gasteiger partial charge in [-0.05, 0) is 23.8 Å². The Labute approximate surface area is 212 Å². The van der Waals surface area contributed by atoms with Crippen LogP contribution in [-0.2, 0) is 17.5 Å². The number of carbonyl (C=O) groups is 2.